The van der Waals surface area contributed by atoms with Gasteiger partial charge in [0.2, 0.25) is 0 Å². The van der Waals surface area contributed by atoms with Crippen LogP contribution in [0.1, 0.15) is 11.1 Å². The van der Waals surface area contributed by atoms with Crippen LogP contribution in [-0.2, 0) is 13.0 Å². The first-order chi connectivity index (χ1) is 8.38. The van der Waals surface area contributed by atoms with E-state index in [1.165, 1.54) is 11.1 Å². The Morgan fingerprint density at radius 3 is 2.18 bits per heavy atom. The molecule has 1 nitrogen and oxygen atoms in total. The Morgan fingerprint density at radius 1 is 0.824 bits per heavy atom. The number of hydrogen-bond donors (Lipinski definition) is 1. The third kappa shape index (κ3) is 3.79. The highest BCUT2D eigenvalue weighted by molar-refractivity contribution is 6.17. The van der Waals surface area contributed by atoms with Crippen LogP contribution >= 0.6 is 11.6 Å². The fraction of sp³-hybridized carbons (Fsp3) is 0.200. The molecule has 0 saturated carbocycles. The van der Waals surface area contributed by atoms with Crippen LogP contribution in [0.3, 0.4) is 0 Å². The van der Waals surface area contributed by atoms with Gasteiger partial charge in [0.05, 0.1) is 0 Å². The first kappa shape index (κ1) is 12.0. The molecule has 0 atom stereocenters. The van der Waals surface area contributed by atoms with Gasteiger partial charge >= 0.3 is 0 Å². The highest BCUT2D eigenvalue weighted by Gasteiger charge is 1.95. The average molecular weight is 246 g/mol. The quantitative estimate of drug-likeness (QED) is 0.783. The lowest BCUT2D eigenvalue weighted by Crippen LogP contribution is -1.99. The molecule has 88 valence electrons. The van der Waals surface area contributed by atoms with Crippen molar-refractivity contribution in [1.29, 1.82) is 0 Å². The maximum Gasteiger partial charge on any atom is 0.0400 e. The third-order valence-corrected chi connectivity index (χ3v) is 2.87. The molecule has 0 aliphatic heterocycles. The van der Waals surface area contributed by atoms with Gasteiger partial charge in [0.15, 0.2) is 0 Å². The molecule has 0 amide bonds. The van der Waals surface area contributed by atoms with E-state index in [1.54, 1.807) is 0 Å². The fourth-order valence-corrected chi connectivity index (χ4v) is 1.92. The molecule has 0 radical (unpaired) electrons. The van der Waals surface area contributed by atoms with E-state index in [1.807, 2.05) is 6.07 Å². The normalized spacial score (nSPS) is 10.2. The molecular formula is C15H16ClN. The summed E-state index contributed by atoms with van der Waals surface area (Å²) in [5.41, 5.74) is 3.72. The standard InChI is InChI=1S/C15H16ClN/c16-11-10-13-6-8-15(9-7-13)17-12-14-4-2-1-3-5-14/h1-9,17H,10-12H2. The maximum absolute atomic E-state index is 5.70. The molecule has 0 saturated heterocycles. The van der Waals surface area contributed by atoms with Gasteiger partial charge in [-0.3, -0.25) is 0 Å². The van der Waals surface area contributed by atoms with E-state index >= 15 is 0 Å². The van der Waals surface area contributed by atoms with Crippen LogP contribution in [0.25, 0.3) is 0 Å². The van der Waals surface area contributed by atoms with E-state index in [-0.39, 0.29) is 0 Å². The smallest absolute Gasteiger partial charge is 0.0400 e. The Kier molecular flexibility index (Phi) is 4.45. The Bertz CT molecular complexity index is 436. The van der Waals surface area contributed by atoms with Gasteiger partial charge in [0.1, 0.15) is 0 Å². The van der Waals surface area contributed by atoms with Crippen molar-refractivity contribution in [1.82, 2.24) is 0 Å². The van der Waals surface area contributed by atoms with Crippen molar-refractivity contribution in [3.63, 3.8) is 0 Å². The molecule has 0 aliphatic carbocycles. The molecule has 2 rings (SSSR count). The third-order valence-electron chi connectivity index (χ3n) is 2.68. The minimum absolute atomic E-state index is 0.677. The molecule has 0 bridgehead atoms. The summed E-state index contributed by atoms with van der Waals surface area (Å²) in [4.78, 5) is 0. The van der Waals surface area contributed by atoms with Crippen LogP contribution in [0.5, 0.6) is 0 Å². The number of aryl methyl sites for hydroxylation is 1. The van der Waals surface area contributed by atoms with E-state index in [2.05, 4.69) is 53.8 Å². The number of hydrogen-bond acceptors (Lipinski definition) is 1. The predicted molar refractivity (Wildman–Crippen MR) is 74.6 cm³/mol. The second-order valence-electron chi connectivity index (χ2n) is 3.98. The van der Waals surface area contributed by atoms with Crippen molar-refractivity contribution in [2.75, 3.05) is 11.2 Å². The minimum atomic E-state index is 0.677. The molecule has 2 aromatic carbocycles. The average Bonchev–Trinajstić information content (AvgIpc) is 2.40. The van der Waals surface area contributed by atoms with Crippen molar-refractivity contribution in [3.8, 4) is 0 Å². The highest BCUT2D eigenvalue weighted by atomic mass is 35.5. The predicted octanol–water partition coefficient (Wildman–Crippen LogP) is 4.08. The largest absolute Gasteiger partial charge is 0.381 e. The lowest BCUT2D eigenvalue weighted by atomic mass is 10.1. The van der Waals surface area contributed by atoms with Crippen LogP contribution in [0, 0.1) is 0 Å². The van der Waals surface area contributed by atoms with E-state index in [0.717, 1.165) is 18.7 Å². The topological polar surface area (TPSA) is 12.0 Å². The van der Waals surface area contributed by atoms with Gasteiger partial charge in [0, 0.05) is 18.1 Å². The second kappa shape index (κ2) is 6.31. The monoisotopic (exact) mass is 245 g/mol. The van der Waals surface area contributed by atoms with Gasteiger partial charge in [-0.15, -0.1) is 11.6 Å². The summed E-state index contributed by atoms with van der Waals surface area (Å²) in [6.07, 6.45) is 0.931. The fourth-order valence-electron chi connectivity index (χ4n) is 1.70. The molecule has 2 aromatic rings. The molecule has 0 aromatic heterocycles. The van der Waals surface area contributed by atoms with Crippen LogP contribution in [0.15, 0.2) is 54.6 Å². The van der Waals surface area contributed by atoms with Crippen molar-refractivity contribution in [2.45, 2.75) is 13.0 Å². The number of alkyl halides is 1. The molecule has 0 fully saturated rings. The summed E-state index contributed by atoms with van der Waals surface area (Å²) < 4.78 is 0. The number of halogens is 1. The maximum atomic E-state index is 5.70. The van der Waals surface area contributed by atoms with Crippen molar-refractivity contribution < 1.29 is 0 Å². The van der Waals surface area contributed by atoms with E-state index in [0.29, 0.717) is 5.88 Å². The molecular weight excluding hydrogens is 230 g/mol. The highest BCUT2D eigenvalue weighted by Crippen LogP contribution is 2.12. The van der Waals surface area contributed by atoms with Gasteiger partial charge in [-0.2, -0.15) is 0 Å². The van der Waals surface area contributed by atoms with Gasteiger partial charge in [0.25, 0.3) is 0 Å². The van der Waals surface area contributed by atoms with Crippen LogP contribution < -0.4 is 5.32 Å². The van der Waals surface area contributed by atoms with E-state index in [4.69, 9.17) is 11.6 Å². The number of benzene rings is 2. The summed E-state index contributed by atoms with van der Waals surface area (Å²) in [6.45, 7) is 0.857. The van der Waals surface area contributed by atoms with Gasteiger partial charge in [-0.1, -0.05) is 42.5 Å². The summed E-state index contributed by atoms with van der Waals surface area (Å²) in [5.74, 6) is 0.677. The van der Waals surface area contributed by atoms with Crippen LogP contribution in [0.2, 0.25) is 0 Å². The Morgan fingerprint density at radius 2 is 1.53 bits per heavy atom. The first-order valence-electron chi connectivity index (χ1n) is 5.81. The number of nitrogens with one attached hydrogen (secondary N) is 1. The Hall–Kier alpha value is -1.47. The lowest BCUT2D eigenvalue weighted by molar-refractivity contribution is 1.13. The molecule has 0 aliphatic rings. The zero-order chi connectivity index (χ0) is 11.9. The zero-order valence-corrected chi connectivity index (χ0v) is 10.5. The van der Waals surface area contributed by atoms with Crippen molar-refractivity contribution in [2.24, 2.45) is 0 Å². The number of rotatable bonds is 5. The summed E-state index contributed by atoms with van der Waals surface area (Å²) in [6, 6.07) is 18.8. The molecule has 17 heavy (non-hydrogen) atoms. The van der Waals surface area contributed by atoms with Gasteiger partial charge in [-0.25, -0.2) is 0 Å². The molecule has 2 heteroatoms. The van der Waals surface area contributed by atoms with Crippen LogP contribution in [-0.4, -0.2) is 5.88 Å². The Labute approximate surface area is 107 Å². The van der Waals surface area contributed by atoms with Crippen LogP contribution in [0.4, 0.5) is 5.69 Å². The molecule has 1 N–H and O–H groups in total. The molecule has 0 spiro atoms. The van der Waals surface area contributed by atoms with Gasteiger partial charge < -0.3 is 5.32 Å². The van der Waals surface area contributed by atoms with Crippen molar-refractivity contribution in [3.05, 3.63) is 65.7 Å². The van der Waals surface area contributed by atoms with E-state index in [9.17, 15) is 0 Å². The molecule has 0 unspecified atom stereocenters. The summed E-state index contributed by atoms with van der Waals surface area (Å²) >= 11 is 5.70. The van der Waals surface area contributed by atoms with Crippen molar-refractivity contribution >= 4 is 17.3 Å². The SMILES string of the molecule is ClCCc1ccc(NCc2ccccc2)cc1. The zero-order valence-electron chi connectivity index (χ0n) is 9.70. The van der Waals surface area contributed by atoms with Gasteiger partial charge in [-0.05, 0) is 29.7 Å². The minimum Gasteiger partial charge on any atom is -0.381 e. The Balaban J connectivity index is 1.91. The second-order valence-corrected chi connectivity index (χ2v) is 4.35. The summed E-state index contributed by atoms with van der Waals surface area (Å²) in [5, 5.41) is 3.40. The lowest BCUT2D eigenvalue weighted by Gasteiger charge is -2.07. The van der Waals surface area contributed by atoms with E-state index < -0.39 is 0 Å². The number of anilines is 1. The first-order valence-corrected chi connectivity index (χ1v) is 6.34. The summed E-state index contributed by atoms with van der Waals surface area (Å²) in [7, 11) is 0. The molecule has 0 heterocycles.